The number of rotatable bonds is 6. The van der Waals surface area contributed by atoms with Crippen LogP contribution in [0.3, 0.4) is 0 Å². The second-order valence-corrected chi connectivity index (χ2v) is 6.90. The van der Waals surface area contributed by atoms with Gasteiger partial charge in [-0.25, -0.2) is 0 Å². The van der Waals surface area contributed by atoms with Gasteiger partial charge >= 0.3 is 0 Å². The standard InChI is InChI=1S/C15H30O2S/c1-14(2,3)17-11-10-16-12-15(13-18)8-6-4-5-7-9-15/h18H,4-13H2,1-3H3. The van der Waals surface area contributed by atoms with Gasteiger partial charge in [-0.05, 0) is 39.4 Å². The zero-order chi connectivity index (χ0) is 13.5. The third-order valence-electron chi connectivity index (χ3n) is 3.67. The Morgan fingerprint density at radius 3 is 2.11 bits per heavy atom. The Morgan fingerprint density at radius 1 is 1.00 bits per heavy atom. The van der Waals surface area contributed by atoms with Crippen molar-refractivity contribution in [3.63, 3.8) is 0 Å². The summed E-state index contributed by atoms with van der Waals surface area (Å²) >= 11 is 4.56. The summed E-state index contributed by atoms with van der Waals surface area (Å²) < 4.78 is 11.5. The largest absolute Gasteiger partial charge is 0.378 e. The summed E-state index contributed by atoms with van der Waals surface area (Å²) in [7, 11) is 0. The number of thiol groups is 1. The van der Waals surface area contributed by atoms with Crippen LogP contribution in [0.5, 0.6) is 0 Å². The molecule has 0 N–H and O–H groups in total. The SMILES string of the molecule is CC(C)(C)OCCOCC1(CS)CCCCCC1. The van der Waals surface area contributed by atoms with E-state index in [1.54, 1.807) is 0 Å². The normalized spacial score (nSPS) is 20.7. The third kappa shape index (κ3) is 6.44. The average molecular weight is 274 g/mol. The molecule has 108 valence electrons. The van der Waals surface area contributed by atoms with E-state index in [4.69, 9.17) is 9.47 Å². The first kappa shape index (κ1) is 16.3. The zero-order valence-electron chi connectivity index (χ0n) is 12.3. The van der Waals surface area contributed by atoms with Crippen LogP contribution in [0.25, 0.3) is 0 Å². The van der Waals surface area contributed by atoms with Crippen molar-refractivity contribution in [2.45, 2.75) is 64.9 Å². The molecular formula is C15H30O2S. The molecule has 1 saturated carbocycles. The minimum absolute atomic E-state index is 0.0626. The molecular weight excluding hydrogens is 244 g/mol. The Labute approximate surface area is 118 Å². The molecule has 0 aromatic heterocycles. The van der Waals surface area contributed by atoms with Crippen molar-refractivity contribution in [1.29, 1.82) is 0 Å². The molecule has 0 heterocycles. The number of hydrogen-bond donors (Lipinski definition) is 1. The lowest BCUT2D eigenvalue weighted by Crippen LogP contribution is -2.30. The van der Waals surface area contributed by atoms with Crippen molar-refractivity contribution >= 4 is 12.6 Å². The molecule has 1 aliphatic rings. The lowest BCUT2D eigenvalue weighted by Gasteiger charge is -2.31. The van der Waals surface area contributed by atoms with Gasteiger partial charge in [0.15, 0.2) is 0 Å². The van der Waals surface area contributed by atoms with Gasteiger partial charge in [-0.2, -0.15) is 12.6 Å². The highest BCUT2D eigenvalue weighted by Gasteiger charge is 2.29. The third-order valence-corrected chi connectivity index (χ3v) is 4.34. The van der Waals surface area contributed by atoms with Crippen molar-refractivity contribution < 1.29 is 9.47 Å². The summed E-state index contributed by atoms with van der Waals surface area (Å²) in [5.74, 6) is 0.952. The quantitative estimate of drug-likeness (QED) is 0.447. The van der Waals surface area contributed by atoms with Crippen molar-refractivity contribution in [3.05, 3.63) is 0 Å². The predicted octanol–water partition coefficient (Wildman–Crippen LogP) is 4.09. The van der Waals surface area contributed by atoms with E-state index in [1.807, 2.05) is 0 Å². The van der Waals surface area contributed by atoms with E-state index in [0.29, 0.717) is 18.6 Å². The fraction of sp³-hybridized carbons (Fsp3) is 1.00. The average Bonchev–Trinajstić information content (AvgIpc) is 2.53. The van der Waals surface area contributed by atoms with Gasteiger partial charge in [-0.3, -0.25) is 0 Å². The first-order chi connectivity index (χ1) is 8.47. The summed E-state index contributed by atoms with van der Waals surface area (Å²) in [6.45, 7) is 8.47. The minimum Gasteiger partial charge on any atom is -0.378 e. The van der Waals surface area contributed by atoms with E-state index in [0.717, 1.165) is 12.4 Å². The summed E-state index contributed by atoms with van der Waals surface area (Å²) in [6.07, 6.45) is 7.98. The molecule has 1 aliphatic carbocycles. The second-order valence-electron chi connectivity index (χ2n) is 6.59. The molecule has 0 amide bonds. The Bertz CT molecular complexity index is 215. The van der Waals surface area contributed by atoms with Gasteiger partial charge in [0.05, 0.1) is 25.4 Å². The van der Waals surface area contributed by atoms with E-state index < -0.39 is 0 Å². The highest BCUT2D eigenvalue weighted by atomic mass is 32.1. The van der Waals surface area contributed by atoms with Gasteiger partial charge in [0.25, 0.3) is 0 Å². The number of hydrogen-bond acceptors (Lipinski definition) is 3. The Balaban J connectivity index is 2.22. The molecule has 0 bridgehead atoms. The maximum absolute atomic E-state index is 5.84. The lowest BCUT2D eigenvalue weighted by molar-refractivity contribution is -0.0479. The summed E-state index contributed by atoms with van der Waals surface area (Å²) in [5, 5.41) is 0. The molecule has 0 aliphatic heterocycles. The lowest BCUT2D eigenvalue weighted by atomic mass is 9.83. The predicted molar refractivity (Wildman–Crippen MR) is 80.5 cm³/mol. The highest BCUT2D eigenvalue weighted by Crippen LogP contribution is 2.36. The van der Waals surface area contributed by atoms with Gasteiger partial charge in [-0.15, -0.1) is 0 Å². The maximum atomic E-state index is 5.84. The van der Waals surface area contributed by atoms with Crippen LogP contribution in [-0.4, -0.2) is 31.2 Å². The Kier molecular flexibility index (Phi) is 7.04. The van der Waals surface area contributed by atoms with Crippen LogP contribution in [0.2, 0.25) is 0 Å². The van der Waals surface area contributed by atoms with Crippen LogP contribution >= 0.6 is 12.6 Å². The highest BCUT2D eigenvalue weighted by molar-refractivity contribution is 7.80. The summed E-state index contributed by atoms with van der Waals surface area (Å²) in [5.41, 5.74) is 0.258. The van der Waals surface area contributed by atoms with Crippen molar-refractivity contribution in [2.24, 2.45) is 5.41 Å². The van der Waals surface area contributed by atoms with Crippen LogP contribution in [0, 0.1) is 5.41 Å². The van der Waals surface area contributed by atoms with Crippen LogP contribution in [-0.2, 0) is 9.47 Å². The monoisotopic (exact) mass is 274 g/mol. The van der Waals surface area contributed by atoms with Crippen LogP contribution in [0.15, 0.2) is 0 Å². The second kappa shape index (κ2) is 7.76. The van der Waals surface area contributed by atoms with E-state index in [-0.39, 0.29) is 5.60 Å². The molecule has 0 saturated heterocycles. The molecule has 18 heavy (non-hydrogen) atoms. The summed E-state index contributed by atoms with van der Waals surface area (Å²) in [6, 6.07) is 0. The van der Waals surface area contributed by atoms with Crippen LogP contribution < -0.4 is 0 Å². The minimum atomic E-state index is -0.0626. The van der Waals surface area contributed by atoms with Gasteiger partial charge in [0, 0.05) is 5.41 Å². The number of ether oxygens (including phenoxy) is 2. The van der Waals surface area contributed by atoms with E-state index in [9.17, 15) is 0 Å². The van der Waals surface area contributed by atoms with Crippen molar-refractivity contribution in [3.8, 4) is 0 Å². The molecule has 2 nitrogen and oxygen atoms in total. The van der Waals surface area contributed by atoms with Gasteiger partial charge in [-0.1, -0.05) is 25.7 Å². The van der Waals surface area contributed by atoms with Gasteiger partial charge < -0.3 is 9.47 Å². The smallest absolute Gasteiger partial charge is 0.0707 e. The molecule has 0 radical (unpaired) electrons. The Morgan fingerprint density at radius 2 is 1.61 bits per heavy atom. The fourth-order valence-corrected chi connectivity index (χ4v) is 2.93. The van der Waals surface area contributed by atoms with Crippen LogP contribution in [0.1, 0.15) is 59.3 Å². The summed E-state index contributed by atoms with van der Waals surface area (Å²) in [4.78, 5) is 0. The van der Waals surface area contributed by atoms with Gasteiger partial charge in [0.2, 0.25) is 0 Å². The Hall–Kier alpha value is 0.270. The van der Waals surface area contributed by atoms with E-state index >= 15 is 0 Å². The molecule has 0 aromatic carbocycles. The molecule has 0 atom stereocenters. The molecule has 0 spiro atoms. The van der Waals surface area contributed by atoms with Crippen LogP contribution in [0.4, 0.5) is 0 Å². The first-order valence-electron chi connectivity index (χ1n) is 7.30. The fourth-order valence-electron chi connectivity index (χ4n) is 2.52. The van der Waals surface area contributed by atoms with Crippen molar-refractivity contribution in [2.75, 3.05) is 25.6 Å². The van der Waals surface area contributed by atoms with E-state index in [1.165, 1.54) is 38.5 Å². The molecule has 3 heteroatoms. The topological polar surface area (TPSA) is 18.5 Å². The molecule has 1 rings (SSSR count). The van der Waals surface area contributed by atoms with E-state index in [2.05, 4.69) is 33.4 Å². The zero-order valence-corrected chi connectivity index (χ0v) is 13.2. The first-order valence-corrected chi connectivity index (χ1v) is 7.93. The molecule has 0 unspecified atom stereocenters. The van der Waals surface area contributed by atoms with Crippen molar-refractivity contribution in [1.82, 2.24) is 0 Å². The molecule has 1 fully saturated rings. The molecule has 0 aromatic rings. The maximum Gasteiger partial charge on any atom is 0.0707 e. The van der Waals surface area contributed by atoms with Gasteiger partial charge in [0.1, 0.15) is 0 Å².